The molecule has 60 heavy (non-hydrogen) atoms. The van der Waals surface area contributed by atoms with Crippen LogP contribution in [0.3, 0.4) is 0 Å². The van der Waals surface area contributed by atoms with Crippen molar-refractivity contribution < 1.29 is 28.6 Å². The highest BCUT2D eigenvalue weighted by atomic mass is 16.6. The summed E-state index contributed by atoms with van der Waals surface area (Å²) in [6.07, 6.45) is 53.7. The first-order valence-electron chi connectivity index (χ1n) is 27.0. The summed E-state index contributed by atoms with van der Waals surface area (Å²) in [6, 6.07) is 0. The molecule has 0 unspecified atom stereocenters. The molecule has 0 aromatic heterocycles. The molecule has 0 saturated carbocycles. The van der Waals surface area contributed by atoms with Crippen molar-refractivity contribution >= 4 is 17.9 Å². The zero-order valence-electron chi connectivity index (χ0n) is 40.8. The molecule has 0 aliphatic heterocycles. The van der Waals surface area contributed by atoms with Crippen LogP contribution in [0.2, 0.25) is 0 Å². The van der Waals surface area contributed by atoms with Crippen LogP contribution in [0.15, 0.2) is 0 Å². The molecular formula is C54H104O6. The molecule has 1 atom stereocenters. The highest BCUT2D eigenvalue weighted by Gasteiger charge is 2.19. The van der Waals surface area contributed by atoms with Gasteiger partial charge in [-0.1, -0.05) is 271 Å². The molecule has 6 heteroatoms. The lowest BCUT2D eigenvalue weighted by Crippen LogP contribution is -2.30. The highest BCUT2D eigenvalue weighted by molar-refractivity contribution is 5.71. The standard InChI is InChI=1S/C54H104O6/c1-4-7-10-13-16-19-22-25-27-28-30-32-35-38-41-44-47-53(56)59-50-51(49-58-52(55)46-43-40-37-34-31-24-21-18-15-12-9-6-3)60-54(57)48-45-42-39-36-33-29-26-23-20-17-14-11-8-5-2/h51H,4-50H2,1-3H3/t51-/m1/s1. The highest BCUT2D eigenvalue weighted by Crippen LogP contribution is 2.17. The summed E-state index contributed by atoms with van der Waals surface area (Å²) in [5.74, 6) is -0.837. The molecule has 0 aliphatic carbocycles. The Balaban J connectivity index is 4.29. The molecule has 0 amide bonds. The molecule has 0 N–H and O–H groups in total. The van der Waals surface area contributed by atoms with Crippen molar-refractivity contribution in [2.45, 2.75) is 316 Å². The van der Waals surface area contributed by atoms with Crippen LogP contribution in [0.4, 0.5) is 0 Å². The molecule has 0 aromatic carbocycles. The van der Waals surface area contributed by atoms with E-state index in [2.05, 4.69) is 20.8 Å². The van der Waals surface area contributed by atoms with Crippen LogP contribution in [0.1, 0.15) is 310 Å². The maximum atomic E-state index is 12.8. The molecule has 6 nitrogen and oxygen atoms in total. The van der Waals surface area contributed by atoms with E-state index in [9.17, 15) is 14.4 Å². The van der Waals surface area contributed by atoms with Gasteiger partial charge in [0.1, 0.15) is 13.2 Å². The Kier molecular flexibility index (Phi) is 48.7. The minimum Gasteiger partial charge on any atom is -0.462 e. The lowest BCUT2D eigenvalue weighted by molar-refractivity contribution is -0.167. The predicted molar refractivity (Wildman–Crippen MR) is 257 cm³/mol. The second-order valence-corrected chi connectivity index (χ2v) is 18.5. The van der Waals surface area contributed by atoms with E-state index in [4.69, 9.17) is 14.2 Å². The zero-order chi connectivity index (χ0) is 43.7. The first kappa shape index (κ1) is 58.4. The van der Waals surface area contributed by atoms with Crippen LogP contribution in [-0.2, 0) is 28.6 Å². The number of ether oxygens (including phenoxy) is 3. The molecule has 0 aromatic rings. The van der Waals surface area contributed by atoms with E-state index in [0.29, 0.717) is 19.3 Å². The van der Waals surface area contributed by atoms with Gasteiger partial charge in [-0.05, 0) is 19.3 Å². The Labute approximate surface area is 374 Å². The van der Waals surface area contributed by atoms with Crippen LogP contribution in [0.5, 0.6) is 0 Å². The van der Waals surface area contributed by atoms with Crippen molar-refractivity contribution in [3.05, 3.63) is 0 Å². The van der Waals surface area contributed by atoms with Crippen LogP contribution in [0, 0.1) is 0 Å². The van der Waals surface area contributed by atoms with E-state index < -0.39 is 6.10 Å². The van der Waals surface area contributed by atoms with Crippen molar-refractivity contribution in [3.63, 3.8) is 0 Å². The Morgan fingerprint density at radius 2 is 0.450 bits per heavy atom. The van der Waals surface area contributed by atoms with E-state index in [1.54, 1.807) is 0 Å². The number of unbranched alkanes of at least 4 members (excludes halogenated alkanes) is 39. The second-order valence-electron chi connectivity index (χ2n) is 18.5. The minimum atomic E-state index is -0.759. The van der Waals surface area contributed by atoms with Gasteiger partial charge < -0.3 is 14.2 Å². The Hall–Kier alpha value is -1.59. The summed E-state index contributed by atoms with van der Waals surface area (Å²) in [5.41, 5.74) is 0. The molecule has 0 spiro atoms. The number of rotatable bonds is 50. The maximum absolute atomic E-state index is 12.8. The van der Waals surface area contributed by atoms with Crippen molar-refractivity contribution in [1.82, 2.24) is 0 Å². The van der Waals surface area contributed by atoms with E-state index in [1.807, 2.05) is 0 Å². The van der Waals surface area contributed by atoms with Gasteiger partial charge in [-0.2, -0.15) is 0 Å². The number of esters is 3. The third-order valence-electron chi connectivity index (χ3n) is 12.4. The first-order chi connectivity index (χ1) is 29.5. The van der Waals surface area contributed by atoms with E-state index in [0.717, 1.165) is 57.8 Å². The van der Waals surface area contributed by atoms with Crippen LogP contribution < -0.4 is 0 Å². The van der Waals surface area contributed by atoms with Gasteiger partial charge in [-0.25, -0.2) is 0 Å². The average Bonchev–Trinajstić information content (AvgIpc) is 3.24. The number of hydrogen-bond donors (Lipinski definition) is 0. The Bertz CT molecular complexity index is 889. The second kappa shape index (κ2) is 50.1. The number of carbonyl (C=O) groups is 3. The van der Waals surface area contributed by atoms with Gasteiger partial charge in [0.05, 0.1) is 0 Å². The van der Waals surface area contributed by atoms with Crippen LogP contribution in [-0.4, -0.2) is 37.2 Å². The molecule has 0 rings (SSSR count). The normalized spacial score (nSPS) is 11.8. The summed E-state index contributed by atoms with van der Waals surface area (Å²) in [5, 5.41) is 0. The van der Waals surface area contributed by atoms with Crippen molar-refractivity contribution in [3.8, 4) is 0 Å². The Morgan fingerprint density at radius 3 is 0.667 bits per heavy atom. The molecule has 0 radical (unpaired) electrons. The lowest BCUT2D eigenvalue weighted by Gasteiger charge is -2.18. The van der Waals surface area contributed by atoms with E-state index in [-0.39, 0.29) is 31.1 Å². The zero-order valence-corrected chi connectivity index (χ0v) is 40.8. The summed E-state index contributed by atoms with van der Waals surface area (Å²) in [6.45, 7) is 6.69. The van der Waals surface area contributed by atoms with Crippen molar-refractivity contribution in [2.75, 3.05) is 13.2 Å². The molecular weight excluding hydrogens is 745 g/mol. The van der Waals surface area contributed by atoms with Gasteiger partial charge >= 0.3 is 17.9 Å². The van der Waals surface area contributed by atoms with Crippen LogP contribution >= 0.6 is 0 Å². The van der Waals surface area contributed by atoms with Crippen LogP contribution in [0.25, 0.3) is 0 Å². The monoisotopic (exact) mass is 849 g/mol. The van der Waals surface area contributed by atoms with Gasteiger partial charge in [-0.3, -0.25) is 14.4 Å². The van der Waals surface area contributed by atoms with Gasteiger partial charge in [0.25, 0.3) is 0 Å². The third kappa shape index (κ3) is 47.5. The molecule has 0 aliphatic rings. The quantitative estimate of drug-likeness (QED) is 0.0345. The minimum absolute atomic E-state index is 0.0615. The third-order valence-corrected chi connectivity index (χ3v) is 12.4. The number of hydrogen-bond acceptors (Lipinski definition) is 6. The molecule has 0 fully saturated rings. The summed E-state index contributed by atoms with van der Waals surface area (Å²) < 4.78 is 16.8. The fourth-order valence-electron chi connectivity index (χ4n) is 8.27. The van der Waals surface area contributed by atoms with Gasteiger partial charge in [0, 0.05) is 19.3 Å². The van der Waals surface area contributed by atoms with Gasteiger partial charge in [0.15, 0.2) is 6.10 Å². The largest absolute Gasteiger partial charge is 0.462 e. The molecule has 0 bridgehead atoms. The van der Waals surface area contributed by atoms with Crippen molar-refractivity contribution in [1.29, 1.82) is 0 Å². The SMILES string of the molecule is CCCCCCCCCCCCCCCCCCC(=O)OC[C@@H](COC(=O)CCCCCCCCCCCCCC)OC(=O)CCCCCCCCCCCCCCCC. The molecule has 0 heterocycles. The van der Waals surface area contributed by atoms with E-state index in [1.165, 1.54) is 212 Å². The molecule has 0 saturated heterocycles. The smallest absolute Gasteiger partial charge is 0.306 e. The Morgan fingerprint density at radius 1 is 0.267 bits per heavy atom. The number of carbonyl (C=O) groups excluding carboxylic acids is 3. The topological polar surface area (TPSA) is 78.9 Å². The summed E-state index contributed by atoms with van der Waals surface area (Å²) in [4.78, 5) is 38.0. The molecule has 356 valence electrons. The maximum Gasteiger partial charge on any atom is 0.306 e. The fraction of sp³-hybridized carbons (Fsp3) is 0.944. The van der Waals surface area contributed by atoms with Gasteiger partial charge in [0.2, 0.25) is 0 Å². The summed E-state index contributed by atoms with van der Waals surface area (Å²) >= 11 is 0. The summed E-state index contributed by atoms with van der Waals surface area (Å²) in [7, 11) is 0. The van der Waals surface area contributed by atoms with E-state index >= 15 is 0 Å². The first-order valence-corrected chi connectivity index (χ1v) is 27.0. The predicted octanol–water partition coefficient (Wildman–Crippen LogP) is 17.6. The lowest BCUT2D eigenvalue weighted by atomic mass is 10.0. The fourth-order valence-corrected chi connectivity index (χ4v) is 8.27. The average molecular weight is 849 g/mol. The van der Waals surface area contributed by atoms with Gasteiger partial charge in [-0.15, -0.1) is 0 Å². The van der Waals surface area contributed by atoms with Crippen molar-refractivity contribution in [2.24, 2.45) is 0 Å².